The van der Waals surface area contributed by atoms with Crippen LogP contribution in [0.25, 0.3) is 0 Å². The maximum absolute atomic E-state index is 13.2. The molecule has 1 aromatic heterocycles. The van der Waals surface area contributed by atoms with Crippen LogP contribution in [0.2, 0.25) is 10.0 Å². The van der Waals surface area contributed by atoms with Crippen molar-refractivity contribution >= 4 is 51.0 Å². The summed E-state index contributed by atoms with van der Waals surface area (Å²) in [5.41, 5.74) is 2.05. The van der Waals surface area contributed by atoms with Crippen LogP contribution in [0.5, 0.6) is 5.75 Å². The molecule has 0 saturated carbocycles. The smallest absolute Gasteiger partial charge is 0.435 e. The second-order valence-electron chi connectivity index (χ2n) is 6.99. The second-order valence-corrected chi connectivity index (χ2v) is 8.66. The fourth-order valence-electron chi connectivity index (χ4n) is 3.44. The van der Waals surface area contributed by atoms with E-state index in [1.54, 1.807) is 24.4 Å². The van der Waals surface area contributed by atoms with Gasteiger partial charge in [0.1, 0.15) is 12.0 Å². The lowest BCUT2D eigenvalue weighted by Gasteiger charge is -2.26. The van der Waals surface area contributed by atoms with Gasteiger partial charge < -0.3 is 14.3 Å². The molecule has 3 aromatic rings. The van der Waals surface area contributed by atoms with Crippen molar-refractivity contribution in [3.63, 3.8) is 0 Å². The SMILES string of the molecule is O=C(O)/N=c1/occn1Cc1cc(Br)c2c(c1)C(=O)[C@@H](Cc1ccc(Cl)c(Cl)c1)CO2. The molecule has 2 aromatic carbocycles. The lowest BCUT2D eigenvalue weighted by atomic mass is 9.89. The second kappa shape index (κ2) is 8.90. The van der Waals surface area contributed by atoms with Crippen LogP contribution in [0.3, 0.4) is 0 Å². The molecule has 160 valence electrons. The first kappa shape index (κ1) is 21.7. The van der Waals surface area contributed by atoms with Gasteiger partial charge in [-0.3, -0.25) is 9.36 Å². The average Bonchev–Trinajstić information content (AvgIpc) is 3.13. The predicted molar refractivity (Wildman–Crippen MR) is 117 cm³/mol. The van der Waals surface area contributed by atoms with Crippen molar-refractivity contribution in [2.75, 3.05) is 6.61 Å². The van der Waals surface area contributed by atoms with Crippen LogP contribution in [-0.4, -0.2) is 28.2 Å². The minimum atomic E-state index is -1.36. The highest BCUT2D eigenvalue weighted by Crippen LogP contribution is 2.37. The quantitative estimate of drug-likeness (QED) is 0.504. The Bertz CT molecular complexity index is 1250. The molecule has 1 atom stereocenters. The number of carbonyl (C=O) groups is 2. The van der Waals surface area contributed by atoms with E-state index in [1.807, 2.05) is 12.1 Å². The van der Waals surface area contributed by atoms with Gasteiger partial charge in [-0.1, -0.05) is 29.3 Å². The number of hydrogen-bond acceptors (Lipinski definition) is 4. The molecule has 2 heterocycles. The molecule has 0 bridgehead atoms. The lowest BCUT2D eigenvalue weighted by molar-refractivity contribution is 0.0829. The number of rotatable bonds is 4. The number of nitrogens with zero attached hydrogens (tertiary/aromatic N) is 2. The highest BCUT2D eigenvalue weighted by Gasteiger charge is 2.31. The van der Waals surface area contributed by atoms with E-state index in [-0.39, 0.29) is 30.5 Å². The number of aromatic nitrogens is 1. The van der Waals surface area contributed by atoms with Gasteiger partial charge in [-0.15, -0.1) is 4.99 Å². The molecule has 0 aliphatic carbocycles. The van der Waals surface area contributed by atoms with E-state index in [9.17, 15) is 9.59 Å². The molecule has 0 spiro atoms. The average molecular weight is 526 g/mol. The highest BCUT2D eigenvalue weighted by molar-refractivity contribution is 9.10. The maximum atomic E-state index is 13.2. The molecule has 7 nitrogen and oxygen atoms in total. The van der Waals surface area contributed by atoms with E-state index in [2.05, 4.69) is 20.9 Å². The van der Waals surface area contributed by atoms with Gasteiger partial charge in [0.15, 0.2) is 5.78 Å². The third-order valence-electron chi connectivity index (χ3n) is 4.84. The first-order chi connectivity index (χ1) is 14.8. The summed E-state index contributed by atoms with van der Waals surface area (Å²) in [5.74, 6) is 0.0836. The molecule has 0 unspecified atom stereocenters. The number of ketones is 1. The van der Waals surface area contributed by atoms with Crippen LogP contribution in [-0.2, 0) is 13.0 Å². The number of benzene rings is 2. The van der Waals surface area contributed by atoms with E-state index in [4.69, 9.17) is 37.5 Å². The summed E-state index contributed by atoms with van der Waals surface area (Å²) in [6.45, 7) is 0.515. The standard InChI is InChI=1S/C21H15BrCl2N2O5/c22-15-7-12(9-26-3-4-30-20(26)25-21(28)29)6-14-18(27)13(10-31-19(14)15)5-11-1-2-16(23)17(24)8-11/h1-4,6-8,13H,5,9-10H2,(H,28,29)/b25-20+/t13-/m0/s1. The molecule has 0 saturated heterocycles. The topological polar surface area (TPSA) is 94.0 Å². The van der Waals surface area contributed by atoms with Crippen LogP contribution >= 0.6 is 39.1 Å². The minimum Gasteiger partial charge on any atom is -0.491 e. The largest absolute Gasteiger partial charge is 0.491 e. The van der Waals surface area contributed by atoms with Gasteiger partial charge in [0.05, 0.1) is 39.2 Å². The molecule has 0 fully saturated rings. The zero-order chi connectivity index (χ0) is 22.1. The van der Waals surface area contributed by atoms with Crippen molar-refractivity contribution in [1.82, 2.24) is 4.57 Å². The van der Waals surface area contributed by atoms with E-state index < -0.39 is 6.09 Å². The van der Waals surface area contributed by atoms with Crippen LogP contribution in [0.4, 0.5) is 4.79 Å². The van der Waals surface area contributed by atoms with Gasteiger partial charge in [-0.05, 0) is 57.7 Å². The van der Waals surface area contributed by atoms with Crippen molar-refractivity contribution in [2.45, 2.75) is 13.0 Å². The summed E-state index contributed by atoms with van der Waals surface area (Å²) >= 11 is 15.5. The number of hydrogen-bond donors (Lipinski definition) is 1. The fraction of sp³-hybridized carbons (Fsp3) is 0.190. The van der Waals surface area contributed by atoms with Crippen molar-refractivity contribution in [1.29, 1.82) is 0 Å². The van der Waals surface area contributed by atoms with E-state index >= 15 is 0 Å². The fourth-order valence-corrected chi connectivity index (χ4v) is 4.38. The Labute approximate surface area is 195 Å². The van der Waals surface area contributed by atoms with Crippen LogP contribution in [0.1, 0.15) is 21.5 Å². The van der Waals surface area contributed by atoms with Crippen molar-refractivity contribution in [3.8, 4) is 5.75 Å². The maximum Gasteiger partial charge on any atom is 0.435 e. The summed E-state index contributed by atoms with van der Waals surface area (Å²) in [5, 5.41) is 9.77. The molecule has 1 aliphatic heterocycles. The summed E-state index contributed by atoms with van der Waals surface area (Å²) in [6, 6.07) is 8.86. The van der Waals surface area contributed by atoms with Gasteiger partial charge in [0.2, 0.25) is 0 Å². The first-order valence-electron chi connectivity index (χ1n) is 9.17. The zero-order valence-corrected chi connectivity index (χ0v) is 18.9. The molecule has 1 amide bonds. The third-order valence-corrected chi connectivity index (χ3v) is 6.17. The van der Waals surface area contributed by atoms with Crippen LogP contribution in [0, 0.1) is 5.92 Å². The third kappa shape index (κ3) is 4.71. The highest BCUT2D eigenvalue weighted by atomic mass is 79.9. The minimum absolute atomic E-state index is 0.0393. The molecule has 1 N–H and O–H groups in total. The van der Waals surface area contributed by atoms with Crippen molar-refractivity contribution in [3.05, 3.63) is 79.7 Å². The van der Waals surface area contributed by atoms with Gasteiger partial charge >= 0.3 is 11.8 Å². The van der Waals surface area contributed by atoms with Crippen LogP contribution in [0.15, 0.2) is 56.7 Å². The molecule has 4 rings (SSSR count). The summed E-state index contributed by atoms with van der Waals surface area (Å²) < 4.78 is 13.2. The predicted octanol–water partition coefficient (Wildman–Crippen LogP) is 5.21. The van der Waals surface area contributed by atoms with Crippen molar-refractivity contribution < 1.29 is 23.8 Å². The Kier molecular flexibility index (Phi) is 6.22. The Morgan fingerprint density at radius 1 is 1.23 bits per heavy atom. The number of Topliss-reactive ketones (excluding diaryl/α,β-unsaturated/α-hetero) is 1. The molecular formula is C21H15BrCl2N2O5. The van der Waals surface area contributed by atoms with Crippen molar-refractivity contribution in [2.24, 2.45) is 10.9 Å². The Hall–Kier alpha value is -2.55. The van der Waals surface area contributed by atoms with Gasteiger partial charge in [-0.2, -0.15) is 0 Å². The molecule has 0 radical (unpaired) electrons. The van der Waals surface area contributed by atoms with E-state index in [0.29, 0.717) is 32.3 Å². The Morgan fingerprint density at radius 3 is 2.77 bits per heavy atom. The Balaban J connectivity index is 1.61. The number of halogens is 3. The first-order valence-corrected chi connectivity index (χ1v) is 10.7. The molecule has 1 aliphatic rings. The number of carboxylic acid groups (broad SMARTS) is 1. The molecule has 10 heteroatoms. The lowest BCUT2D eigenvalue weighted by Crippen LogP contribution is -2.30. The number of carbonyl (C=O) groups excluding carboxylic acids is 1. The van der Waals surface area contributed by atoms with Gasteiger partial charge in [0, 0.05) is 6.20 Å². The van der Waals surface area contributed by atoms with Gasteiger partial charge in [0.25, 0.3) is 0 Å². The van der Waals surface area contributed by atoms with E-state index in [0.717, 1.165) is 11.1 Å². The van der Waals surface area contributed by atoms with Crippen LogP contribution < -0.4 is 10.4 Å². The monoisotopic (exact) mass is 524 g/mol. The Morgan fingerprint density at radius 2 is 2.03 bits per heavy atom. The normalized spacial score (nSPS) is 16.2. The number of oxazole rings is 1. The number of ether oxygens (including phenoxy) is 1. The number of amides is 1. The number of fused-ring (bicyclic) bond motifs is 1. The zero-order valence-electron chi connectivity index (χ0n) is 15.8. The summed E-state index contributed by atoms with van der Waals surface area (Å²) in [6.07, 6.45) is 2.02. The van der Waals surface area contributed by atoms with Gasteiger partial charge in [-0.25, -0.2) is 4.79 Å². The molecule has 31 heavy (non-hydrogen) atoms. The summed E-state index contributed by atoms with van der Waals surface area (Å²) in [7, 11) is 0. The summed E-state index contributed by atoms with van der Waals surface area (Å²) in [4.78, 5) is 27.5. The van der Waals surface area contributed by atoms with E-state index in [1.165, 1.54) is 10.8 Å². The molecular weight excluding hydrogens is 511 g/mol.